The van der Waals surface area contributed by atoms with Crippen molar-refractivity contribution >= 4 is 15.7 Å². The van der Waals surface area contributed by atoms with Crippen molar-refractivity contribution in [2.45, 2.75) is 22.5 Å². The molecule has 162 valence electrons. The lowest BCUT2D eigenvalue weighted by Gasteiger charge is -2.34. The number of aromatic nitrogens is 3. The van der Waals surface area contributed by atoms with E-state index < -0.39 is 20.5 Å². The minimum Gasteiger partial charge on any atom is -0.457 e. The summed E-state index contributed by atoms with van der Waals surface area (Å²) in [5.41, 5.74) is 2.32. The van der Waals surface area contributed by atoms with Gasteiger partial charge in [-0.3, -0.25) is 10.0 Å². The Labute approximate surface area is 178 Å². The zero-order valence-corrected chi connectivity index (χ0v) is 17.2. The predicted molar refractivity (Wildman–Crippen MR) is 108 cm³/mol. The summed E-state index contributed by atoms with van der Waals surface area (Å²) < 4.78 is 37.3. The van der Waals surface area contributed by atoms with Gasteiger partial charge in [0.05, 0.1) is 10.6 Å². The highest BCUT2D eigenvalue weighted by molar-refractivity contribution is 7.93. The summed E-state index contributed by atoms with van der Waals surface area (Å²) in [5.74, 6) is 0.0312. The molecule has 0 bridgehead atoms. The Kier molecular flexibility index (Phi) is 5.72. The quantitative estimate of drug-likeness (QED) is 0.435. The second-order valence-electron chi connectivity index (χ2n) is 6.96. The van der Waals surface area contributed by atoms with Crippen molar-refractivity contribution in [1.82, 2.24) is 20.2 Å². The van der Waals surface area contributed by atoms with Crippen molar-refractivity contribution in [3.8, 4) is 17.2 Å². The van der Waals surface area contributed by atoms with Gasteiger partial charge in [-0.05, 0) is 61.4 Å². The molecule has 1 amide bonds. The van der Waals surface area contributed by atoms with Gasteiger partial charge in [0.25, 0.3) is 5.91 Å². The lowest BCUT2D eigenvalue weighted by molar-refractivity contribution is -0.134. The van der Waals surface area contributed by atoms with Crippen LogP contribution in [-0.4, -0.2) is 52.3 Å². The molecule has 1 aromatic heterocycles. The van der Waals surface area contributed by atoms with Crippen molar-refractivity contribution < 1.29 is 27.9 Å². The Hall–Kier alpha value is -3.28. The van der Waals surface area contributed by atoms with E-state index in [0.717, 1.165) is 5.69 Å². The Bertz CT molecular complexity index is 1140. The molecule has 0 atom stereocenters. The fraction of sp³-hybridized carbons (Fsp3) is 0.250. The highest BCUT2D eigenvalue weighted by atomic mass is 32.2. The molecule has 2 N–H and O–H groups in total. The topological polar surface area (TPSA) is 133 Å². The predicted octanol–water partition coefficient (Wildman–Crippen LogP) is 1.89. The summed E-state index contributed by atoms with van der Waals surface area (Å²) in [6.45, 7) is 0.219. The van der Waals surface area contributed by atoms with Crippen LogP contribution in [0.2, 0.25) is 0 Å². The van der Waals surface area contributed by atoms with Gasteiger partial charge in [-0.15, -0.1) is 0 Å². The van der Waals surface area contributed by atoms with E-state index in [2.05, 4.69) is 10.1 Å². The molecule has 0 saturated carbocycles. The zero-order valence-electron chi connectivity index (χ0n) is 16.3. The van der Waals surface area contributed by atoms with E-state index >= 15 is 0 Å². The number of rotatable bonds is 6. The van der Waals surface area contributed by atoms with E-state index in [1.54, 1.807) is 23.1 Å². The smallest absolute Gasteiger partial charge is 0.265 e. The molecule has 1 saturated heterocycles. The van der Waals surface area contributed by atoms with E-state index in [9.17, 15) is 13.2 Å². The Morgan fingerprint density at radius 1 is 1.06 bits per heavy atom. The summed E-state index contributed by atoms with van der Waals surface area (Å²) >= 11 is 0. The van der Waals surface area contributed by atoms with Crippen LogP contribution in [0.25, 0.3) is 5.69 Å². The number of nitrogens with zero attached hydrogens (tertiary/aromatic N) is 3. The van der Waals surface area contributed by atoms with Crippen molar-refractivity contribution in [2.75, 3.05) is 13.2 Å². The number of sulfone groups is 1. The molecular formula is C20H20N4O6S. The van der Waals surface area contributed by atoms with Crippen molar-refractivity contribution in [3.05, 3.63) is 61.2 Å². The Balaban J connectivity index is 1.54. The van der Waals surface area contributed by atoms with Gasteiger partial charge in [0.1, 0.15) is 24.2 Å². The second-order valence-corrected chi connectivity index (χ2v) is 9.22. The normalized spacial score (nSPS) is 15.9. The summed E-state index contributed by atoms with van der Waals surface area (Å²) in [7, 11) is -4.08. The molecule has 3 aromatic rings. The first-order valence-corrected chi connectivity index (χ1v) is 10.9. The van der Waals surface area contributed by atoms with Crippen LogP contribution in [0.3, 0.4) is 0 Å². The highest BCUT2D eigenvalue weighted by Gasteiger charge is 2.52. The largest absolute Gasteiger partial charge is 0.457 e. The lowest BCUT2D eigenvalue weighted by Crippen LogP contribution is -2.54. The van der Waals surface area contributed by atoms with E-state index in [0.29, 0.717) is 11.5 Å². The average Bonchev–Trinajstić information content (AvgIpc) is 3.35. The summed E-state index contributed by atoms with van der Waals surface area (Å²) in [6, 6.07) is 12.9. The molecule has 31 heavy (non-hydrogen) atoms. The van der Waals surface area contributed by atoms with E-state index in [1.165, 1.54) is 36.1 Å². The lowest BCUT2D eigenvalue weighted by atomic mass is 9.98. The van der Waals surface area contributed by atoms with Gasteiger partial charge < -0.3 is 9.47 Å². The van der Waals surface area contributed by atoms with E-state index in [4.69, 9.17) is 14.7 Å². The molecule has 11 heteroatoms. The SMILES string of the molecule is O=C(NO)C1(S(=O)(=O)c2ccc(Oc3ccc(-n4cncn4)cc3)cc2)CCOCC1. The van der Waals surface area contributed by atoms with Crippen LogP contribution in [0.1, 0.15) is 12.8 Å². The van der Waals surface area contributed by atoms with Crippen molar-refractivity contribution in [1.29, 1.82) is 0 Å². The summed E-state index contributed by atoms with van der Waals surface area (Å²) in [4.78, 5) is 16.2. The molecule has 1 aliphatic rings. The highest BCUT2D eigenvalue weighted by Crippen LogP contribution is 2.36. The van der Waals surface area contributed by atoms with E-state index in [-0.39, 0.29) is 31.0 Å². The molecule has 1 aliphatic heterocycles. The third-order valence-electron chi connectivity index (χ3n) is 5.22. The molecule has 0 aliphatic carbocycles. The average molecular weight is 444 g/mol. The molecule has 1 fully saturated rings. The number of hydrogen-bond acceptors (Lipinski definition) is 8. The molecule has 4 rings (SSSR count). The third-order valence-corrected chi connectivity index (χ3v) is 7.74. The monoisotopic (exact) mass is 444 g/mol. The first kappa shape index (κ1) is 21.0. The van der Waals surface area contributed by atoms with Crippen molar-refractivity contribution in [3.63, 3.8) is 0 Å². The first-order valence-electron chi connectivity index (χ1n) is 9.46. The Morgan fingerprint density at radius 3 is 2.23 bits per heavy atom. The molecule has 0 radical (unpaired) electrons. The second kappa shape index (κ2) is 8.46. The van der Waals surface area contributed by atoms with E-state index in [1.807, 2.05) is 12.1 Å². The fourth-order valence-corrected chi connectivity index (χ4v) is 5.42. The summed E-state index contributed by atoms with van der Waals surface area (Å²) in [5, 5.41) is 13.2. The van der Waals surface area contributed by atoms with Crippen LogP contribution in [0, 0.1) is 0 Å². The number of carbonyl (C=O) groups excluding carboxylic acids is 1. The number of ether oxygens (including phenoxy) is 2. The van der Waals surface area contributed by atoms with Gasteiger partial charge in [-0.1, -0.05) is 0 Å². The molecule has 0 spiro atoms. The fourth-order valence-electron chi connectivity index (χ4n) is 3.48. The van der Waals surface area contributed by atoms with Gasteiger partial charge in [0, 0.05) is 13.2 Å². The molecular weight excluding hydrogens is 424 g/mol. The molecule has 10 nitrogen and oxygen atoms in total. The minimum absolute atomic E-state index is 0.0353. The maximum Gasteiger partial charge on any atom is 0.265 e. The third kappa shape index (κ3) is 3.90. The van der Waals surface area contributed by atoms with Crippen LogP contribution in [0.4, 0.5) is 0 Å². The maximum absolute atomic E-state index is 13.2. The molecule has 0 unspecified atom stereocenters. The van der Waals surface area contributed by atoms with Crippen LogP contribution >= 0.6 is 0 Å². The first-order chi connectivity index (χ1) is 15.0. The number of nitrogens with one attached hydrogen (secondary N) is 1. The number of hydroxylamine groups is 1. The van der Waals surface area contributed by atoms with Gasteiger partial charge >= 0.3 is 0 Å². The molecule has 2 heterocycles. The van der Waals surface area contributed by atoms with Gasteiger partial charge in [0.2, 0.25) is 0 Å². The zero-order chi connectivity index (χ0) is 21.9. The number of amides is 1. The van der Waals surface area contributed by atoms with Crippen LogP contribution in [-0.2, 0) is 19.4 Å². The number of hydrogen-bond donors (Lipinski definition) is 2. The van der Waals surface area contributed by atoms with Crippen LogP contribution in [0.15, 0.2) is 66.1 Å². The van der Waals surface area contributed by atoms with Crippen LogP contribution in [0.5, 0.6) is 11.5 Å². The number of carbonyl (C=O) groups is 1. The van der Waals surface area contributed by atoms with Crippen molar-refractivity contribution in [2.24, 2.45) is 0 Å². The van der Waals surface area contributed by atoms with Gasteiger partial charge in [0.15, 0.2) is 14.6 Å². The minimum atomic E-state index is -4.08. The Morgan fingerprint density at radius 2 is 1.68 bits per heavy atom. The molecule has 2 aromatic carbocycles. The standard InChI is InChI=1S/C20H20N4O6S/c25-19(23-26)20(9-11-29-12-10-20)31(27,28)18-7-5-17(6-8-18)30-16-3-1-15(2-4-16)24-14-21-13-22-24/h1-8,13-14,26H,9-12H2,(H,23,25). The maximum atomic E-state index is 13.2. The summed E-state index contributed by atoms with van der Waals surface area (Å²) in [6.07, 6.45) is 2.93. The van der Waals surface area contributed by atoms with Crippen LogP contribution < -0.4 is 10.2 Å². The number of benzene rings is 2. The van der Waals surface area contributed by atoms with Gasteiger partial charge in [-0.25, -0.2) is 23.6 Å². The van der Waals surface area contributed by atoms with Gasteiger partial charge in [-0.2, -0.15) is 5.10 Å².